The summed E-state index contributed by atoms with van der Waals surface area (Å²) in [4.78, 5) is 24.2. The fourth-order valence-electron chi connectivity index (χ4n) is 1.75. The van der Waals surface area contributed by atoms with E-state index in [9.17, 15) is 9.59 Å². The van der Waals surface area contributed by atoms with E-state index in [1.807, 2.05) is 6.92 Å². The molecule has 0 saturated heterocycles. The van der Waals surface area contributed by atoms with Crippen molar-refractivity contribution in [3.05, 3.63) is 48.0 Å². The lowest BCUT2D eigenvalue weighted by atomic mass is 10.1. The maximum Gasteiger partial charge on any atom is 0.335 e. The minimum absolute atomic E-state index is 0.116. The van der Waals surface area contributed by atoms with Crippen molar-refractivity contribution in [2.45, 2.75) is 13.3 Å². The van der Waals surface area contributed by atoms with Crippen molar-refractivity contribution in [1.82, 2.24) is 10.2 Å². The van der Waals surface area contributed by atoms with Crippen molar-refractivity contribution in [3.63, 3.8) is 0 Å². The van der Waals surface area contributed by atoms with Gasteiger partial charge in [0.2, 0.25) is 0 Å². The first kappa shape index (κ1) is 15.8. The number of benzene rings is 1. The summed E-state index contributed by atoms with van der Waals surface area (Å²) in [6.45, 7) is 7.19. The highest BCUT2D eigenvalue weighted by molar-refractivity contribution is 5.87. The molecule has 0 spiro atoms. The van der Waals surface area contributed by atoms with Gasteiger partial charge in [0.25, 0.3) is 0 Å². The van der Waals surface area contributed by atoms with Crippen molar-refractivity contribution in [3.8, 4) is 0 Å². The molecule has 0 aromatic heterocycles. The van der Waals surface area contributed by atoms with Crippen LogP contribution in [0, 0.1) is 0 Å². The number of carbonyl (C=O) groups excluding carboxylic acids is 1. The molecule has 1 aromatic carbocycles. The molecule has 2 N–H and O–H groups in total. The van der Waals surface area contributed by atoms with Crippen LogP contribution in [0.15, 0.2) is 36.9 Å². The first-order valence-corrected chi connectivity index (χ1v) is 6.54. The standard InChI is InChI=1S/C15H20N2O3/c1-3-11-17(4-2)15(20)16-10-9-12-5-7-13(8-6-12)14(18)19/h3,5-8H,1,4,9-11H2,2H3,(H,16,20)(H,18,19). The summed E-state index contributed by atoms with van der Waals surface area (Å²) in [5.74, 6) is -0.937. The summed E-state index contributed by atoms with van der Waals surface area (Å²) in [6, 6.07) is 6.54. The molecule has 0 aliphatic rings. The Kier molecular flexibility index (Phi) is 6.29. The largest absolute Gasteiger partial charge is 0.478 e. The summed E-state index contributed by atoms with van der Waals surface area (Å²) >= 11 is 0. The van der Waals surface area contributed by atoms with Gasteiger partial charge in [-0.3, -0.25) is 0 Å². The highest BCUT2D eigenvalue weighted by atomic mass is 16.4. The zero-order valence-electron chi connectivity index (χ0n) is 11.6. The lowest BCUT2D eigenvalue weighted by Gasteiger charge is -2.19. The Morgan fingerprint density at radius 3 is 2.50 bits per heavy atom. The predicted octanol–water partition coefficient (Wildman–Crippen LogP) is 2.14. The molecular formula is C15H20N2O3. The van der Waals surface area contributed by atoms with Crippen LogP contribution in [0.1, 0.15) is 22.8 Å². The van der Waals surface area contributed by atoms with Crippen molar-refractivity contribution in [2.75, 3.05) is 19.6 Å². The topological polar surface area (TPSA) is 69.6 Å². The van der Waals surface area contributed by atoms with Crippen molar-refractivity contribution in [2.24, 2.45) is 0 Å². The van der Waals surface area contributed by atoms with Gasteiger partial charge < -0.3 is 15.3 Å². The van der Waals surface area contributed by atoms with Gasteiger partial charge in [-0.1, -0.05) is 18.2 Å². The van der Waals surface area contributed by atoms with Crippen molar-refractivity contribution in [1.29, 1.82) is 0 Å². The molecule has 0 atom stereocenters. The van der Waals surface area contributed by atoms with Crippen LogP contribution < -0.4 is 5.32 Å². The summed E-state index contributed by atoms with van der Waals surface area (Å²) in [5, 5.41) is 11.6. The Bertz CT molecular complexity index is 469. The normalized spacial score (nSPS) is 9.85. The van der Waals surface area contributed by atoms with Gasteiger partial charge in [-0.2, -0.15) is 0 Å². The van der Waals surface area contributed by atoms with Gasteiger partial charge in [-0.05, 0) is 31.0 Å². The number of urea groups is 1. The Hall–Kier alpha value is -2.30. The van der Waals surface area contributed by atoms with Crippen LogP contribution in [0.4, 0.5) is 4.79 Å². The van der Waals surface area contributed by atoms with E-state index in [4.69, 9.17) is 5.11 Å². The van der Waals surface area contributed by atoms with Crippen LogP contribution >= 0.6 is 0 Å². The molecule has 20 heavy (non-hydrogen) atoms. The quantitative estimate of drug-likeness (QED) is 0.750. The maximum atomic E-state index is 11.8. The fourth-order valence-corrected chi connectivity index (χ4v) is 1.75. The van der Waals surface area contributed by atoms with E-state index in [1.54, 1.807) is 35.2 Å². The van der Waals surface area contributed by atoms with Gasteiger partial charge in [-0.25, -0.2) is 9.59 Å². The Balaban J connectivity index is 2.41. The van der Waals surface area contributed by atoms with Gasteiger partial charge >= 0.3 is 12.0 Å². The van der Waals surface area contributed by atoms with Gasteiger partial charge in [0.15, 0.2) is 0 Å². The minimum Gasteiger partial charge on any atom is -0.478 e. The van der Waals surface area contributed by atoms with E-state index in [2.05, 4.69) is 11.9 Å². The number of carboxylic acids is 1. The molecule has 5 heteroatoms. The molecular weight excluding hydrogens is 256 g/mol. The van der Waals surface area contributed by atoms with Gasteiger partial charge in [-0.15, -0.1) is 6.58 Å². The third-order valence-corrected chi connectivity index (χ3v) is 2.91. The average molecular weight is 276 g/mol. The summed E-state index contributed by atoms with van der Waals surface area (Å²) in [6.07, 6.45) is 2.35. The minimum atomic E-state index is -0.937. The summed E-state index contributed by atoms with van der Waals surface area (Å²) in [5.41, 5.74) is 1.25. The number of hydrogen-bond donors (Lipinski definition) is 2. The summed E-state index contributed by atoms with van der Waals surface area (Å²) in [7, 11) is 0. The number of nitrogens with one attached hydrogen (secondary N) is 1. The molecule has 1 rings (SSSR count). The molecule has 0 heterocycles. The maximum absolute atomic E-state index is 11.8. The molecule has 0 aliphatic carbocycles. The number of likely N-dealkylation sites (N-methyl/N-ethyl adjacent to an activating group) is 1. The highest BCUT2D eigenvalue weighted by Gasteiger charge is 2.08. The molecule has 2 amide bonds. The Labute approximate surface area is 118 Å². The molecule has 1 aromatic rings. The van der Waals surface area contributed by atoms with E-state index in [0.717, 1.165) is 5.56 Å². The Morgan fingerprint density at radius 1 is 1.35 bits per heavy atom. The second-order valence-corrected chi connectivity index (χ2v) is 4.31. The average Bonchev–Trinajstić information content (AvgIpc) is 2.45. The highest BCUT2D eigenvalue weighted by Crippen LogP contribution is 2.04. The third-order valence-electron chi connectivity index (χ3n) is 2.91. The van der Waals surface area contributed by atoms with E-state index in [-0.39, 0.29) is 11.6 Å². The molecule has 0 unspecified atom stereocenters. The lowest BCUT2D eigenvalue weighted by molar-refractivity contribution is 0.0697. The second kappa shape index (κ2) is 7.99. The molecule has 0 saturated carbocycles. The molecule has 0 radical (unpaired) electrons. The molecule has 0 aliphatic heterocycles. The first-order chi connectivity index (χ1) is 9.58. The third kappa shape index (κ3) is 4.76. The van der Waals surface area contributed by atoms with Crippen LogP contribution in [0.25, 0.3) is 0 Å². The number of amides is 2. The van der Waals surface area contributed by atoms with E-state index in [0.29, 0.717) is 26.1 Å². The smallest absolute Gasteiger partial charge is 0.335 e. The van der Waals surface area contributed by atoms with Crippen LogP contribution in [-0.4, -0.2) is 41.6 Å². The molecule has 108 valence electrons. The van der Waals surface area contributed by atoms with Crippen LogP contribution in [0.5, 0.6) is 0 Å². The molecule has 5 nitrogen and oxygen atoms in total. The zero-order chi connectivity index (χ0) is 15.0. The van der Waals surface area contributed by atoms with E-state index in [1.165, 1.54) is 0 Å². The first-order valence-electron chi connectivity index (χ1n) is 6.54. The predicted molar refractivity (Wildman–Crippen MR) is 77.9 cm³/mol. The van der Waals surface area contributed by atoms with Crippen molar-refractivity contribution < 1.29 is 14.7 Å². The van der Waals surface area contributed by atoms with E-state index < -0.39 is 5.97 Å². The monoisotopic (exact) mass is 276 g/mol. The second-order valence-electron chi connectivity index (χ2n) is 4.31. The number of rotatable bonds is 7. The van der Waals surface area contributed by atoms with Crippen LogP contribution in [0.3, 0.4) is 0 Å². The van der Waals surface area contributed by atoms with Gasteiger partial charge in [0, 0.05) is 19.6 Å². The number of nitrogens with zero attached hydrogens (tertiary/aromatic N) is 1. The molecule has 0 bridgehead atoms. The fraction of sp³-hybridized carbons (Fsp3) is 0.333. The number of carboxylic acid groups (broad SMARTS) is 1. The van der Waals surface area contributed by atoms with Gasteiger partial charge in [0.05, 0.1) is 5.56 Å². The Morgan fingerprint density at radius 2 is 2.00 bits per heavy atom. The zero-order valence-corrected chi connectivity index (χ0v) is 11.6. The number of carbonyl (C=O) groups is 2. The van der Waals surface area contributed by atoms with Gasteiger partial charge in [0.1, 0.15) is 0 Å². The summed E-state index contributed by atoms with van der Waals surface area (Å²) < 4.78 is 0. The lowest BCUT2D eigenvalue weighted by Crippen LogP contribution is -2.40. The van der Waals surface area contributed by atoms with Crippen molar-refractivity contribution >= 4 is 12.0 Å². The number of aromatic carboxylic acids is 1. The van der Waals surface area contributed by atoms with E-state index >= 15 is 0 Å². The SMILES string of the molecule is C=CCN(CC)C(=O)NCCc1ccc(C(=O)O)cc1. The van der Waals surface area contributed by atoms with Crippen LogP contribution in [-0.2, 0) is 6.42 Å². The molecule has 0 fully saturated rings. The van der Waals surface area contributed by atoms with Crippen LogP contribution in [0.2, 0.25) is 0 Å². The number of hydrogen-bond acceptors (Lipinski definition) is 2.